The first-order valence-electron chi connectivity index (χ1n) is 2.30. The quantitative estimate of drug-likeness (QED) is 0.614. The molecule has 1 nitrogen and oxygen atoms in total. The average molecular weight is 310 g/mol. The summed E-state index contributed by atoms with van der Waals surface area (Å²) in [5, 5.41) is 8.57. The van der Waals surface area contributed by atoms with Gasteiger partial charge in [0.2, 0.25) is 12.5 Å². The maximum Gasteiger partial charge on any atom is 0.226 e. The van der Waals surface area contributed by atoms with Gasteiger partial charge >= 0.3 is 0 Å². The van der Waals surface area contributed by atoms with Crippen molar-refractivity contribution in [2.75, 3.05) is 0 Å². The molecule has 0 radical (unpaired) electrons. The van der Waals surface area contributed by atoms with Crippen molar-refractivity contribution in [3.05, 3.63) is 0 Å². The van der Waals surface area contributed by atoms with Crippen LogP contribution in [0.1, 0.15) is 0 Å². The molecule has 0 unspecified atom stereocenters. The van der Waals surface area contributed by atoms with Crippen molar-refractivity contribution >= 4 is 81.2 Å². The normalized spacial score (nSPS) is 14.2. The lowest BCUT2D eigenvalue weighted by molar-refractivity contribution is 0.748. The van der Waals surface area contributed by atoms with Gasteiger partial charge in [-0.15, -0.1) is 0 Å². The molecule has 8 heteroatoms. The zero-order valence-corrected chi connectivity index (χ0v) is 10.4. The monoisotopic (exact) mass is 307 g/mol. The van der Waals surface area contributed by atoms with Crippen molar-refractivity contribution in [3.8, 4) is 6.07 Å². The van der Waals surface area contributed by atoms with E-state index in [9.17, 15) is 0 Å². The maximum absolute atomic E-state index is 8.57. The van der Waals surface area contributed by atoms with Crippen molar-refractivity contribution in [3.63, 3.8) is 0 Å². The molecular formula is C4Cl7N. The number of nitriles is 1. The molecule has 0 aromatic carbocycles. The molecule has 0 rings (SSSR count). The summed E-state index contributed by atoms with van der Waals surface area (Å²) in [5.74, 6) is 0. The first-order valence-corrected chi connectivity index (χ1v) is 4.94. The van der Waals surface area contributed by atoms with E-state index in [-0.39, 0.29) is 0 Å². The van der Waals surface area contributed by atoms with Gasteiger partial charge in [0.1, 0.15) is 0 Å². The zero-order valence-electron chi connectivity index (χ0n) is 5.09. The molecule has 0 aliphatic rings. The highest BCUT2D eigenvalue weighted by Crippen LogP contribution is 2.54. The second-order valence-electron chi connectivity index (χ2n) is 1.77. The highest BCUT2D eigenvalue weighted by molar-refractivity contribution is 6.78. The van der Waals surface area contributed by atoms with Crippen LogP contribution in [0.15, 0.2) is 0 Å². The molecule has 0 atom stereocenters. The molecule has 0 saturated carbocycles. The van der Waals surface area contributed by atoms with Gasteiger partial charge in [0.05, 0.1) is 6.07 Å². The van der Waals surface area contributed by atoms with Gasteiger partial charge in [0.25, 0.3) is 0 Å². The van der Waals surface area contributed by atoms with Gasteiger partial charge in [-0.25, -0.2) is 0 Å². The van der Waals surface area contributed by atoms with Gasteiger partial charge in [-0.2, -0.15) is 5.26 Å². The molecule has 0 aliphatic carbocycles. The predicted molar refractivity (Wildman–Crippen MR) is 54.8 cm³/mol. The van der Waals surface area contributed by atoms with Crippen molar-refractivity contribution in [1.82, 2.24) is 0 Å². The summed E-state index contributed by atoms with van der Waals surface area (Å²) in [5.41, 5.74) is 0. The van der Waals surface area contributed by atoms with Crippen LogP contribution >= 0.6 is 81.2 Å². The van der Waals surface area contributed by atoms with Gasteiger partial charge in [-0.1, -0.05) is 81.2 Å². The number of hydrogen-bond acceptors (Lipinski definition) is 1. The molecule has 0 saturated heterocycles. The van der Waals surface area contributed by atoms with Crippen LogP contribution < -0.4 is 0 Å². The van der Waals surface area contributed by atoms with Crippen LogP contribution in [0.5, 0.6) is 0 Å². The molecule has 0 aromatic rings. The van der Waals surface area contributed by atoms with Crippen molar-refractivity contribution in [2.24, 2.45) is 0 Å². The fourth-order valence-electron chi connectivity index (χ4n) is 0.287. The molecule has 0 amide bonds. The molecule has 70 valence electrons. The van der Waals surface area contributed by atoms with Crippen LogP contribution in [0, 0.1) is 11.3 Å². The topological polar surface area (TPSA) is 23.8 Å². The summed E-state index contributed by atoms with van der Waals surface area (Å²) in [4.78, 5) is -2.21. The average Bonchev–Trinajstić information content (AvgIpc) is 1.81. The summed E-state index contributed by atoms with van der Waals surface area (Å²) >= 11 is 37.6. The second kappa shape index (κ2) is 3.95. The standard InChI is InChI=1S/C4Cl7N/c5-2(1-12,3(6,7)8)4(9,10)11. The summed E-state index contributed by atoms with van der Waals surface area (Å²) < 4.78 is -4.37. The van der Waals surface area contributed by atoms with Crippen molar-refractivity contribution < 1.29 is 0 Å². The molecule has 12 heavy (non-hydrogen) atoms. The highest BCUT2D eigenvalue weighted by atomic mass is 35.6. The van der Waals surface area contributed by atoms with Gasteiger partial charge in [0.15, 0.2) is 0 Å². The van der Waals surface area contributed by atoms with Crippen LogP contribution in [0.25, 0.3) is 0 Å². The first-order chi connectivity index (χ1) is 5.06. The van der Waals surface area contributed by atoms with E-state index in [4.69, 9.17) is 86.5 Å². The molecular weight excluding hydrogens is 310 g/mol. The lowest BCUT2D eigenvalue weighted by atomic mass is 10.2. The maximum atomic E-state index is 8.57. The van der Waals surface area contributed by atoms with Crippen molar-refractivity contribution in [2.45, 2.75) is 12.5 Å². The van der Waals surface area contributed by atoms with Crippen LogP contribution in [-0.4, -0.2) is 12.5 Å². The van der Waals surface area contributed by atoms with Crippen LogP contribution in [0.2, 0.25) is 0 Å². The molecule has 0 aromatic heterocycles. The van der Waals surface area contributed by atoms with Crippen LogP contribution in [0.4, 0.5) is 0 Å². The zero-order chi connectivity index (χ0) is 10.2. The minimum Gasteiger partial charge on any atom is -0.196 e. The smallest absolute Gasteiger partial charge is 0.196 e. The Morgan fingerprint density at radius 1 is 0.750 bits per heavy atom. The van der Waals surface area contributed by atoms with E-state index in [0.717, 1.165) is 0 Å². The van der Waals surface area contributed by atoms with E-state index in [1.807, 2.05) is 0 Å². The van der Waals surface area contributed by atoms with E-state index < -0.39 is 12.5 Å². The lowest BCUT2D eigenvalue weighted by Gasteiger charge is -2.32. The second-order valence-corrected chi connectivity index (χ2v) is 6.90. The molecule has 0 aliphatic heterocycles. The molecule has 0 N–H and O–H groups in total. The number of rotatable bonds is 0. The van der Waals surface area contributed by atoms with E-state index in [0.29, 0.717) is 0 Å². The molecule has 0 bridgehead atoms. The third-order valence-electron chi connectivity index (χ3n) is 0.935. The van der Waals surface area contributed by atoms with E-state index in [2.05, 4.69) is 0 Å². The highest BCUT2D eigenvalue weighted by Gasteiger charge is 2.61. The van der Waals surface area contributed by atoms with E-state index in [1.54, 1.807) is 0 Å². The number of nitrogens with zero attached hydrogens (tertiary/aromatic N) is 1. The Morgan fingerprint density at radius 3 is 1.00 bits per heavy atom. The molecule has 0 heterocycles. The Morgan fingerprint density at radius 2 is 1.00 bits per heavy atom. The SMILES string of the molecule is N#CC(Cl)(C(Cl)(Cl)Cl)C(Cl)(Cl)Cl. The molecule has 0 fully saturated rings. The van der Waals surface area contributed by atoms with Gasteiger partial charge in [0, 0.05) is 0 Å². The van der Waals surface area contributed by atoms with E-state index >= 15 is 0 Å². The van der Waals surface area contributed by atoms with Crippen LogP contribution in [-0.2, 0) is 0 Å². The number of halogens is 7. The van der Waals surface area contributed by atoms with Gasteiger partial charge < -0.3 is 0 Å². The van der Waals surface area contributed by atoms with Gasteiger partial charge in [-0.3, -0.25) is 0 Å². The summed E-state index contributed by atoms with van der Waals surface area (Å²) in [6.07, 6.45) is 0. The first kappa shape index (κ1) is 13.5. The third-order valence-corrected chi connectivity index (χ3v) is 3.87. The Labute approximate surface area is 104 Å². The van der Waals surface area contributed by atoms with Crippen LogP contribution in [0.3, 0.4) is 0 Å². The number of hydrogen-bond donors (Lipinski definition) is 0. The predicted octanol–water partition coefficient (Wildman–Crippen LogP) is 4.23. The van der Waals surface area contributed by atoms with Gasteiger partial charge in [-0.05, 0) is 0 Å². The Balaban J connectivity index is 5.14. The fraction of sp³-hybridized carbons (Fsp3) is 0.750. The summed E-state index contributed by atoms with van der Waals surface area (Å²) in [7, 11) is 0. The Bertz CT molecular complexity index is 191. The minimum atomic E-state index is -2.21. The third kappa shape index (κ3) is 2.51. The summed E-state index contributed by atoms with van der Waals surface area (Å²) in [6.45, 7) is 0. The van der Waals surface area contributed by atoms with E-state index in [1.165, 1.54) is 6.07 Å². The summed E-state index contributed by atoms with van der Waals surface area (Å²) in [6, 6.07) is 1.43. The lowest BCUT2D eigenvalue weighted by Crippen LogP contribution is -2.47. The number of alkyl halides is 7. The minimum absolute atomic E-state index is 1.43. The largest absolute Gasteiger partial charge is 0.226 e. The van der Waals surface area contributed by atoms with Crippen molar-refractivity contribution in [1.29, 1.82) is 5.26 Å². The fourth-order valence-corrected chi connectivity index (χ4v) is 1.83. The Kier molecular flexibility index (Phi) is 4.45. The Hall–Kier alpha value is 1.52. The molecule has 0 spiro atoms.